The SMILES string of the molecule is Cc1ccc(/C=C/C(=O)Nc2cccc(CS(=O)C(C)(C)C)c2)c(C)c1. The highest BCUT2D eigenvalue weighted by atomic mass is 32.2. The van der Waals surface area contributed by atoms with E-state index in [1.807, 2.05) is 77.1 Å². The van der Waals surface area contributed by atoms with Gasteiger partial charge in [-0.15, -0.1) is 0 Å². The van der Waals surface area contributed by atoms with Crippen LogP contribution in [0.1, 0.15) is 43.0 Å². The van der Waals surface area contributed by atoms with Gasteiger partial charge in [0.2, 0.25) is 5.91 Å². The summed E-state index contributed by atoms with van der Waals surface area (Å²) in [6, 6.07) is 13.7. The highest BCUT2D eigenvalue weighted by molar-refractivity contribution is 7.85. The topological polar surface area (TPSA) is 46.2 Å². The summed E-state index contributed by atoms with van der Waals surface area (Å²) in [4.78, 5) is 12.2. The van der Waals surface area contributed by atoms with Gasteiger partial charge in [-0.2, -0.15) is 0 Å². The number of rotatable bonds is 5. The molecule has 1 N–H and O–H groups in total. The molecule has 2 aromatic carbocycles. The van der Waals surface area contributed by atoms with Gasteiger partial charge in [0.15, 0.2) is 0 Å². The summed E-state index contributed by atoms with van der Waals surface area (Å²) in [5.41, 5.74) is 5.03. The van der Waals surface area contributed by atoms with E-state index in [-0.39, 0.29) is 10.7 Å². The van der Waals surface area contributed by atoms with E-state index in [1.165, 1.54) is 11.6 Å². The molecule has 0 saturated carbocycles. The second-order valence-corrected chi connectivity index (χ2v) is 9.69. The Bertz CT molecular complexity index is 847. The predicted molar refractivity (Wildman–Crippen MR) is 112 cm³/mol. The van der Waals surface area contributed by atoms with E-state index >= 15 is 0 Å². The zero-order chi connectivity index (χ0) is 19.3. The number of hydrogen-bond acceptors (Lipinski definition) is 2. The van der Waals surface area contributed by atoms with Crippen molar-refractivity contribution in [2.45, 2.75) is 45.1 Å². The molecule has 26 heavy (non-hydrogen) atoms. The van der Waals surface area contributed by atoms with Gasteiger partial charge in [-0.1, -0.05) is 35.9 Å². The molecule has 0 bridgehead atoms. The summed E-state index contributed by atoms with van der Waals surface area (Å²) in [5, 5.41) is 2.87. The Labute approximate surface area is 159 Å². The molecule has 0 aliphatic carbocycles. The molecule has 0 saturated heterocycles. The number of anilines is 1. The number of carbonyl (C=O) groups is 1. The second kappa shape index (κ2) is 8.45. The van der Waals surface area contributed by atoms with Crippen LogP contribution in [-0.2, 0) is 21.3 Å². The molecule has 138 valence electrons. The summed E-state index contributed by atoms with van der Waals surface area (Å²) >= 11 is 0. The molecule has 0 heterocycles. The van der Waals surface area contributed by atoms with Crippen LogP contribution in [0.3, 0.4) is 0 Å². The van der Waals surface area contributed by atoms with E-state index in [4.69, 9.17) is 0 Å². The smallest absolute Gasteiger partial charge is 0.248 e. The third-order valence-electron chi connectivity index (χ3n) is 4.01. The molecule has 0 spiro atoms. The van der Waals surface area contributed by atoms with E-state index in [1.54, 1.807) is 0 Å². The Kier molecular flexibility index (Phi) is 6.54. The lowest BCUT2D eigenvalue weighted by Crippen LogP contribution is -2.23. The first-order chi connectivity index (χ1) is 12.1. The highest BCUT2D eigenvalue weighted by Gasteiger charge is 2.19. The fraction of sp³-hybridized carbons (Fsp3) is 0.318. The zero-order valence-corrected chi connectivity index (χ0v) is 16.9. The largest absolute Gasteiger partial charge is 0.323 e. The minimum absolute atomic E-state index is 0.181. The van der Waals surface area contributed by atoms with Gasteiger partial charge < -0.3 is 5.32 Å². The Morgan fingerprint density at radius 3 is 2.50 bits per heavy atom. The van der Waals surface area contributed by atoms with Gasteiger partial charge in [0.1, 0.15) is 0 Å². The van der Waals surface area contributed by atoms with Crippen LogP contribution in [0.2, 0.25) is 0 Å². The number of amides is 1. The van der Waals surface area contributed by atoms with E-state index in [2.05, 4.69) is 11.4 Å². The van der Waals surface area contributed by atoms with Crippen LogP contribution in [0.5, 0.6) is 0 Å². The first-order valence-electron chi connectivity index (χ1n) is 8.69. The average Bonchev–Trinajstić information content (AvgIpc) is 2.53. The average molecular weight is 370 g/mol. The maximum atomic E-state index is 12.3. The molecular weight excluding hydrogens is 342 g/mol. The summed E-state index contributed by atoms with van der Waals surface area (Å²) in [5.74, 6) is 0.296. The highest BCUT2D eigenvalue weighted by Crippen LogP contribution is 2.19. The first kappa shape index (κ1) is 20.1. The zero-order valence-electron chi connectivity index (χ0n) is 16.1. The molecule has 0 aliphatic rings. The molecule has 3 nitrogen and oxygen atoms in total. The van der Waals surface area contributed by atoms with Crippen LogP contribution in [0.4, 0.5) is 5.69 Å². The summed E-state index contributed by atoms with van der Waals surface area (Å²) in [7, 11) is -0.969. The van der Waals surface area contributed by atoms with Gasteiger partial charge in [-0.05, 0) is 69.5 Å². The number of aryl methyl sites for hydroxylation is 2. The van der Waals surface area contributed by atoms with Crippen molar-refractivity contribution >= 4 is 28.5 Å². The Morgan fingerprint density at radius 1 is 1.12 bits per heavy atom. The third-order valence-corrected chi connectivity index (χ3v) is 5.98. The summed E-state index contributed by atoms with van der Waals surface area (Å²) in [6.07, 6.45) is 3.36. The molecule has 1 amide bonds. The molecule has 0 aliphatic heterocycles. The maximum absolute atomic E-state index is 12.3. The summed E-state index contributed by atoms with van der Waals surface area (Å²) < 4.78 is 12.0. The van der Waals surface area contributed by atoms with Gasteiger partial charge in [0.05, 0.1) is 0 Å². The minimum atomic E-state index is -0.969. The number of nitrogens with one attached hydrogen (secondary N) is 1. The van der Waals surface area contributed by atoms with Crippen molar-refractivity contribution in [1.82, 2.24) is 0 Å². The van der Waals surface area contributed by atoms with Gasteiger partial charge in [0, 0.05) is 33.1 Å². The van der Waals surface area contributed by atoms with Crippen molar-refractivity contribution in [3.8, 4) is 0 Å². The Hall–Kier alpha value is -2.20. The van der Waals surface area contributed by atoms with Crippen molar-refractivity contribution in [3.63, 3.8) is 0 Å². The quantitative estimate of drug-likeness (QED) is 0.754. The molecule has 0 aromatic heterocycles. The minimum Gasteiger partial charge on any atom is -0.323 e. The predicted octanol–water partition coefficient (Wildman–Crippen LogP) is 5.00. The number of hydrogen-bond donors (Lipinski definition) is 1. The van der Waals surface area contributed by atoms with E-state index in [0.717, 1.165) is 16.7 Å². The van der Waals surface area contributed by atoms with Gasteiger partial charge >= 0.3 is 0 Å². The van der Waals surface area contributed by atoms with Crippen molar-refractivity contribution in [3.05, 3.63) is 70.8 Å². The van der Waals surface area contributed by atoms with Crippen molar-refractivity contribution in [1.29, 1.82) is 0 Å². The summed E-state index contributed by atoms with van der Waals surface area (Å²) in [6.45, 7) is 9.97. The van der Waals surface area contributed by atoms with Crippen LogP contribution in [0, 0.1) is 13.8 Å². The molecule has 1 atom stereocenters. The molecule has 1 unspecified atom stereocenters. The van der Waals surface area contributed by atoms with Crippen LogP contribution in [0.25, 0.3) is 6.08 Å². The van der Waals surface area contributed by atoms with Crippen molar-refractivity contribution in [2.75, 3.05) is 5.32 Å². The standard InChI is InChI=1S/C22H27NO2S/c1-16-9-10-19(17(2)13-16)11-12-21(24)23-20-8-6-7-18(14-20)15-26(25)22(3,4)5/h6-14H,15H2,1-5H3,(H,23,24)/b12-11+. The van der Waals surface area contributed by atoms with Gasteiger partial charge in [0.25, 0.3) is 0 Å². The molecular formula is C22H27NO2S. The van der Waals surface area contributed by atoms with E-state index in [0.29, 0.717) is 11.4 Å². The van der Waals surface area contributed by atoms with Gasteiger partial charge in [-0.3, -0.25) is 9.00 Å². The maximum Gasteiger partial charge on any atom is 0.248 e. The Balaban J connectivity index is 2.04. The molecule has 0 fully saturated rings. The van der Waals surface area contributed by atoms with E-state index in [9.17, 15) is 9.00 Å². The molecule has 2 aromatic rings. The Morgan fingerprint density at radius 2 is 1.85 bits per heavy atom. The molecule has 0 radical (unpaired) electrons. The molecule has 4 heteroatoms. The fourth-order valence-corrected chi connectivity index (χ4v) is 3.38. The van der Waals surface area contributed by atoms with Crippen LogP contribution < -0.4 is 5.32 Å². The molecule has 2 rings (SSSR count). The lowest BCUT2D eigenvalue weighted by atomic mass is 10.1. The monoisotopic (exact) mass is 369 g/mol. The lowest BCUT2D eigenvalue weighted by Gasteiger charge is -2.17. The second-order valence-electron chi connectivity index (χ2n) is 7.49. The van der Waals surface area contributed by atoms with Crippen LogP contribution in [0.15, 0.2) is 48.5 Å². The van der Waals surface area contributed by atoms with Crippen LogP contribution in [-0.4, -0.2) is 14.9 Å². The van der Waals surface area contributed by atoms with Crippen molar-refractivity contribution in [2.24, 2.45) is 0 Å². The lowest BCUT2D eigenvalue weighted by molar-refractivity contribution is -0.111. The number of benzene rings is 2. The first-order valence-corrected chi connectivity index (χ1v) is 10.0. The number of carbonyl (C=O) groups excluding carboxylic acids is 1. The third kappa shape index (κ3) is 5.95. The fourth-order valence-electron chi connectivity index (χ4n) is 2.47. The van der Waals surface area contributed by atoms with Crippen LogP contribution >= 0.6 is 0 Å². The van der Waals surface area contributed by atoms with Gasteiger partial charge in [-0.25, -0.2) is 0 Å². The van der Waals surface area contributed by atoms with E-state index < -0.39 is 10.8 Å². The van der Waals surface area contributed by atoms with Crippen molar-refractivity contribution < 1.29 is 9.00 Å². The normalized spacial score (nSPS) is 13.0.